The number of carbonyl (C=O) groups is 3. The van der Waals surface area contributed by atoms with Crippen molar-refractivity contribution in [2.24, 2.45) is 0 Å². The minimum absolute atomic E-state index is 0.0212. The van der Waals surface area contributed by atoms with E-state index in [1.54, 1.807) is 21.9 Å². The quantitative estimate of drug-likeness (QED) is 0.763. The van der Waals surface area contributed by atoms with Gasteiger partial charge in [0.05, 0.1) is 0 Å². The number of rotatable bonds is 5. The maximum Gasteiger partial charge on any atom is 0.317 e. The Hall–Kier alpha value is -2.64. The van der Waals surface area contributed by atoms with Gasteiger partial charge in [-0.05, 0) is 43.9 Å². The highest BCUT2D eigenvalue weighted by Crippen LogP contribution is 2.21. The molecule has 0 spiro atoms. The molecular formula is C21H29FN4O3. The normalized spacial score (nSPS) is 19.5. The number of piperidine rings is 1. The Balaban J connectivity index is 1.52. The number of hydrogen-bond donors (Lipinski definition) is 1. The standard InChI is InChI=1S/C21H29FN4O3/c1-3-15(2)23-21(29)24-10-8-18(9-11-24)26-13-12-25(19(27)20(26)28)14-16-4-6-17(22)7-5-16/h4-7,15,18H,3,8-14H2,1-2H3,(H,23,29). The molecule has 2 aliphatic heterocycles. The Labute approximate surface area is 170 Å². The van der Waals surface area contributed by atoms with Crippen LogP contribution in [0.4, 0.5) is 9.18 Å². The lowest BCUT2D eigenvalue weighted by molar-refractivity contribution is -0.158. The zero-order chi connectivity index (χ0) is 21.0. The number of nitrogens with one attached hydrogen (secondary N) is 1. The van der Waals surface area contributed by atoms with E-state index in [0.29, 0.717) is 45.6 Å². The van der Waals surface area contributed by atoms with Gasteiger partial charge in [0.25, 0.3) is 0 Å². The van der Waals surface area contributed by atoms with Crippen LogP contribution in [0.5, 0.6) is 0 Å². The van der Waals surface area contributed by atoms with Gasteiger partial charge in [0.1, 0.15) is 5.82 Å². The van der Waals surface area contributed by atoms with E-state index in [9.17, 15) is 18.8 Å². The van der Waals surface area contributed by atoms with E-state index in [2.05, 4.69) is 5.32 Å². The van der Waals surface area contributed by atoms with Crippen molar-refractivity contribution in [3.8, 4) is 0 Å². The van der Waals surface area contributed by atoms with Gasteiger partial charge in [-0.15, -0.1) is 0 Å². The van der Waals surface area contributed by atoms with Crippen LogP contribution < -0.4 is 5.32 Å². The third-order valence-corrected chi connectivity index (χ3v) is 5.80. The topological polar surface area (TPSA) is 73.0 Å². The highest BCUT2D eigenvalue weighted by molar-refractivity contribution is 6.35. The van der Waals surface area contributed by atoms with Gasteiger partial charge in [0, 0.05) is 44.8 Å². The second kappa shape index (κ2) is 9.24. The lowest BCUT2D eigenvalue weighted by Crippen LogP contribution is -2.59. The summed E-state index contributed by atoms with van der Waals surface area (Å²) in [7, 11) is 0. The van der Waals surface area contributed by atoms with Crippen LogP contribution in [0.1, 0.15) is 38.7 Å². The van der Waals surface area contributed by atoms with E-state index in [-0.39, 0.29) is 23.9 Å². The van der Waals surface area contributed by atoms with E-state index in [0.717, 1.165) is 12.0 Å². The van der Waals surface area contributed by atoms with Crippen molar-refractivity contribution in [1.29, 1.82) is 0 Å². The summed E-state index contributed by atoms with van der Waals surface area (Å²) in [4.78, 5) is 42.4. The summed E-state index contributed by atoms with van der Waals surface area (Å²) in [5.74, 6) is -1.33. The smallest absolute Gasteiger partial charge is 0.317 e. The maximum atomic E-state index is 13.0. The first-order valence-electron chi connectivity index (χ1n) is 10.3. The van der Waals surface area contributed by atoms with Crippen molar-refractivity contribution in [3.63, 3.8) is 0 Å². The number of urea groups is 1. The zero-order valence-corrected chi connectivity index (χ0v) is 17.1. The summed E-state index contributed by atoms with van der Waals surface area (Å²) in [5.41, 5.74) is 0.793. The van der Waals surface area contributed by atoms with E-state index in [1.165, 1.54) is 17.0 Å². The fourth-order valence-corrected chi connectivity index (χ4v) is 3.78. The monoisotopic (exact) mass is 404 g/mol. The largest absolute Gasteiger partial charge is 0.336 e. The molecule has 2 fully saturated rings. The highest BCUT2D eigenvalue weighted by Gasteiger charge is 2.38. The molecule has 2 aliphatic rings. The van der Waals surface area contributed by atoms with Crippen LogP contribution in [0.2, 0.25) is 0 Å². The van der Waals surface area contributed by atoms with Crippen molar-refractivity contribution in [2.75, 3.05) is 26.2 Å². The maximum absolute atomic E-state index is 13.0. The first-order valence-corrected chi connectivity index (χ1v) is 10.3. The molecule has 0 aromatic heterocycles. The number of likely N-dealkylation sites (tertiary alicyclic amines) is 1. The molecule has 1 unspecified atom stereocenters. The molecule has 1 atom stereocenters. The van der Waals surface area contributed by atoms with Crippen LogP contribution in [-0.4, -0.2) is 70.8 Å². The van der Waals surface area contributed by atoms with Gasteiger partial charge < -0.3 is 20.0 Å². The Morgan fingerprint density at radius 3 is 2.38 bits per heavy atom. The average Bonchev–Trinajstić information content (AvgIpc) is 2.73. The van der Waals surface area contributed by atoms with Crippen LogP contribution in [-0.2, 0) is 16.1 Å². The van der Waals surface area contributed by atoms with Gasteiger partial charge in [-0.1, -0.05) is 19.1 Å². The zero-order valence-electron chi connectivity index (χ0n) is 17.1. The predicted octanol–water partition coefficient (Wildman–Crippen LogP) is 1.97. The summed E-state index contributed by atoms with van der Waals surface area (Å²) in [6.07, 6.45) is 2.22. The van der Waals surface area contributed by atoms with E-state index < -0.39 is 11.8 Å². The van der Waals surface area contributed by atoms with Gasteiger partial charge in [-0.3, -0.25) is 9.59 Å². The second-order valence-electron chi connectivity index (χ2n) is 7.83. The summed E-state index contributed by atoms with van der Waals surface area (Å²) < 4.78 is 13.0. The molecule has 3 rings (SSSR count). The van der Waals surface area contributed by atoms with Gasteiger partial charge in [0.15, 0.2) is 0 Å². The minimum atomic E-state index is -0.516. The lowest BCUT2D eigenvalue weighted by Gasteiger charge is -2.42. The average molecular weight is 404 g/mol. The number of amides is 4. The van der Waals surface area contributed by atoms with Gasteiger partial charge >= 0.3 is 17.8 Å². The number of nitrogens with zero attached hydrogens (tertiary/aromatic N) is 3. The molecule has 4 amide bonds. The predicted molar refractivity (Wildman–Crippen MR) is 106 cm³/mol. The van der Waals surface area contributed by atoms with Crippen molar-refractivity contribution in [1.82, 2.24) is 20.0 Å². The fourth-order valence-electron chi connectivity index (χ4n) is 3.78. The molecule has 158 valence electrons. The molecule has 0 radical (unpaired) electrons. The van der Waals surface area contributed by atoms with Crippen molar-refractivity contribution < 1.29 is 18.8 Å². The molecule has 29 heavy (non-hydrogen) atoms. The van der Waals surface area contributed by atoms with Crippen molar-refractivity contribution in [2.45, 2.75) is 51.7 Å². The van der Waals surface area contributed by atoms with E-state index >= 15 is 0 Å². The SMILES string of the molecule is CCC(C)NC(=O)N1CCC(N2CCN(Cc3ccc(F)cc3)C(=O)C2=O)CC1. The third kappa shape index (κ3) is 5.05. The van der Waals surface area contributed by atoms with Crippen LogP contribution in [0.25, 0.3) is 0 Å². The third-order valence-electron chi connectivity index (χ3n) is 5.80. The molecule has 7 nitrogen and oxygen atoms in total. The molecule has 1 N–H and O–H groups in total. The highest BCUT2D eigenvalue weighted by atomic mass is 19.1. The molecule has 2 saturated heterocycles. The number of benzene rings is 1. The molecule has 0 aliphatic carbocycles. The summed E-state index contributed by atoms with van der Waals surface area (Å²) in [5, 5.41) is 2.96. The second-order valence-corrected chi connectivity index (χ2v) is 7.83. The Morgan fingerprint density at radius 1 is 1.10 bits per heavy atom. The molecule has 0 saturated carbocycles. The van der Waals surface area contributed by atoms with Gasteiger partial charge in [-0.2, -0.15) is 0 Å². The summed E-state index contributed by atoms with van der Waals surface area (Å²) in [6.45, 7) is 6.38. The number of hydrogen-bond acceptors (Lipinski definition) is 3. The van der Waals surface area contributed by atoms with E-state index in [4.69, 9.17) is 0 Å². The fraction of sp³-hybridized carbons (Fsp3) is 0.571. The number of halogens is 1. The first kappa shape index (κ1) is 21.1. The van der Waals surface area contributed by atoms with Crippen LogP contribution in [0.3, 0.4) is 0 Å². The van der Waals surface area contributed by atoms with E-state index in [1.807, 2.05) is 13.8 Å². The molecule has 8 heteroatoms. The first-order chi connectivity index (χ1) is 13.9. The number of carbonyl (C=O) groups excluding carboxylic acids is 3. The van der Waals surface area contributed by atoms with Crippen LogP contribution in [0, 0.1) is 5.82 Å². The van der Waals surface area contributed by atoms with Gasteiger partial charge in [-0.25, -0.2) is 9.18 Å². The Kier molecular flexibility index (Phi) is 6.71. The molecule has 0 bridgehead atoms. The molecule has 1 aromatic carbocycles. The van der Waals surface area contributed by atoms with Crippen molar-refractivity contribution >= 4 is 17.8 Å². The number of piperazine rings is 1. The summed E-state index contributed by atoms with van der Waals surface area (Å²) >= 11 is 0. The molecule has 2 heterocycles. The summed E-state index contributed by atoms with van der Waals surface area (Å²) in [6, 6.07) is 6.00. The van der Waals surface area contributed by atoms with Crippen LogP contribution >= 0.6 is 0 Å². The van der Waals surface area contributed by atoms with Crippen molar-refractivity contribution in [3.05, 3.63) is 35.6 Å². The Bertz CT molecular complexity index is 747. The Morgan fingerprint density at radius 2 is 1.76 bits per heavy atom. The van der Waals surface area contributed by atoms with Gasteiger partial charge in [0.2, 0.25) is 0 Å². The molecule has 1 aromatic rings. The lowest BCUT2D eigenvalue weighted by atomic mass is 10.0. The molecular weight excluding hydrogens is 375 g/mol. The van der Waals surface area contributed by atoms with Crippen LogP contribution in [0.15, 0.2) is 24.3 Å². The minimum Gasteiger partial charge on any atom is -0.336 e.